The van der Waals surface area contributed by atoms with Crippen molar-refractivity contribution in [2.45, 2.75) is 45.6 Å². The topological polar surface area (TPSA) is 80.4 Å². The predicted molar refractivity (Wildman–Crippen MR) is 101 cm³/mol. The maximum atomic E-state index is 12.6. The van der Waals surface area contributed by atoms with E-state index in [-0.39, 0.29) is 12.2 Å². The molecule has 0 saturated carbocycles. The molecule has 0 amide bonds. The zero-order chi connectivity index (χ0) is 18.4. The molecule has 4 nitrogen and oxygen atoms in total. The van der Waals surface area contributed by atoms with Crippen molar-refractivity contribution < 1.29 is 14.7 Å². The van der Waals surface area contributed by atoms with E-state index in [0.717, 1.165) is 24.1 Å². The molecule has 134 valence electrons. The monoisotopic (exact) mass is 359 g/mol. The second-order valence-corrected chi connectivity index (χ2v) is 8.17. The highest BCUT2D eigenvalue weighted by molar-refractivity contribution is 7.14. The molecule has 0 saturated heterocycles. The second-order valence-electron chi connectivity index (χ2n) is 7.01. The van der Waals surface area contributed by atoms with E-state index in [1.807, 2.05) is 30.3 Å². The van der Waals surface area contributed by atoms with Crippen LogP contribution < -0.4 is 5.73 Å². The molecular weight excluding hydrogens is 334 g/mol. The number of carbonyl (C=O) groups excluding carboxylic acids is 1. The SMILES string of the molecule is CC(C)(CC(=O)O)C(N)C(=O)c1ccc(CCCc2ccccc2)s1. The van der Waals surface area contributed by atoms with Gasteiger partial charge in [0, 0.05) is 4.88 Å². The van der Waals surface area contributed by atoms with Gasteiger partial charge in [0.05, 0.1) is 17.3 Å². The van der Waals surface area contributed by atoms with Gasteiger partial charge in [0.25, 0.3) is 0 Å². The standard InChI is InChI=1S/C20H25NO3S/c1-20(2,13-17(22)23)19(21)18(24)16-12-11-15(25-16)10-6-9-14-7-4-3-5-8-14/h3-5,7-8,11-12,19H,6,9-10,13,21H2,1-2H3,(H,22,23). The fraction of sp³-hybridized carbons (Fsp3) is 0.400. The summed E-state index contributed by atoms with van der Waals surface area (Å²) >= 11 is 1.46. The Morgan fingerprint density at radius 1 is 1.12 bits per heavy atom. The number of carboxylic acids is 1. The first-order valence-corrected chi connectivity index (χ1v) is 9.25. The smallest absolute Gasteiger partial charge is 0.303 e. The molecule has 0 spiro atoms. The lowest BCUT2D eigenvalue weighted by molar-refractivity contribution is -0.139. The van der Waals surface area contributed by atoms with Gasteiger partial charge in [-0.3, -0.25) is 9.59 Å². The van der Waals surface area contributed by atoms with Gasteiger partial charge in [0.1, 0.15) is 0 Å². The van der Waals surface area contributed by atoms with Crippen molar-refractivity contribution in [2.24, 2.45) is 11.1 Å². The molecule has 1 atom stereocenters. The maximum Gasteiger partial charge on any atom is 0.303 e. The van der Waals surface area contributed by atoms with Crippen LogP contribution in [0, 0.1) is 5.41 Å². The number of carbonyl (C=O) groups is 2. The fourth-order valence-electron chi connectivity index (χ4n) is 2.76. The lowest BCUT2D eigenvalue weighted by Crippen LogP contribution is -2.44. The van der Waals surface area contributed by atoms with Crippen molar-refractivity contribution in [1.29, 1.82) is 0 Å². The summed E-state index contributed by atoms with van der Waals surface area (Å²) in [6.07, 6.45) is 2.82. The van der Waals surface area contributed by atoms with Gasteiger partial charge >= 0.3 is 5.97 Å². The normalized spacial score (nSPS) is 12.8. The van der Waals surface area contributed by atoms with Gasteiger partial charge in [0.2, 0.25) is 0 Å². The van der Waals surface area contributed by atoms with Crippen molar-refractivity contribution >= 4 is 23.1 Å². The average Bonchev–Trinajstić information content (AvgIpc) is 3.02. The van der Waals surface area contributed by atoms with Crippen LogP contribution >= 0.6 is 11.3 Å². The number of benzene rings is 1. The zero-order valence-corrected chi connectivity index (χ0v) is 15.5. The molecule has 1 unspecified atom stereocenters. The van der Waals surface area contributed by atoms with Crippen LogP contribution in [0.4, 0.5) is 0 Å². The van der Waals surface area contributed by atoms with Gasteiger partial charge in [-0.2, -0.15) is 0 Å². The second kappa shape index (κ2) is 8.41. The summed E-state index contributed by atoms with van der Waals surface area (Å²) in [5.41, 5.74) is 6.59. The third kappa shape index (κ3) is 5.51. The van der Waals surface area contributed by atoms with Crippen LogP contribution in [-0.2, 0) is 17.6 Å². The molecule has 0 fully saturated rings. The van der Waals surface area contributed by atoms with E-state index in [1.54, 1.807) is 13.8 Å². The number of Topliss-reactive ketones (excluding diaryl/α,β-unsaturated/α-hetero) is 1. The quantitative estimate of drug-likeness (QED) is 0.665. The third-order valence-corrected chi connectivity index (χ3v) is 5.53. The Labute approximate surface area is 152 Å². The Morgan fingerprint density at radius 2 is 1.80 bits per heavy atom. The number of hydrogen-bond acceptors (Lipinski definition) is 4. The molecule has 1 heterocycles. The molecule has 2 rings (SSSR count). The van der Waals surface area contributed by atoms with E-state index in [9.17, 15) is 9.59 Å². The summed E-state index contributed by atoms with van der Waals surface area (Å²) in [5, 5.41) is 8.98. The lowest BCUT2D eigenvalue weighted by Gasteiger charge is -2.28. The molecule has 25 heavy (non-hydrogen) atoms. The van der Waals surface area contributed by atoms with E-state index < -0.39 is 17.4 Å². The van der Waals surface area contributed by atoms with Crippen molar-refractivity contribution in [3.8, 4) is 0 Å². The Balaban J connectivity index is 1.93. The Bertz CT molecular complexity index is 722. The van der Waals surface area contributed by atoms with Crippen molar-refractivity contribution in [3.05, 3.63) is 57.8 Å². The van der Waals surface area contributed by atoms with Gasteiger partial charge in [-0.05, 0) is 42.4 Å². The third-order valence-electron chi connectivity index (χ3n) is 4.37. The first-order valence-electron chi connectivity index (χ1n) is 8.44. The largest absolute Gasteiger partial charge is 0.481 e. The van der Waals surface area contributed by atoms with E-state index >= 15 is 0 Å². The molecule has 0 aliphatic carbocycles. The van der Waals surface area contributed by atoms with Crippen molar-refractivity contribution in [1.82, 2.24) is 0 Å². The zero-order valence-electron chi connectivity index (χ0n) is 14.7. The molecule has 1 aromatic heterocycles. The molecule has 2 aromatic rings. The van der Waals surface area contributed by atoms with Gasteiger partial charge in [-0.25, -0.2) is 0 Å². The van der Waals surface area contributed by atoms with Crippen molar-refractivity contribution in [3.63, 3.8) is 0 Å². The van der Waals surface area contributed by atoms with Crippen LogP contribution in [0.1, 0.15) is 46.8 Å². The maximum absolute atomic E-state index is 12.6. The molecular formula is C20H25NO3S. The van der Waals surface area contributed by atoms with Crippen LogP contribution in [0.25, 0.3) is 0 Å². The fourth-order valence-corrected chi connectivity index (χ4v) is 3.79. The minimum atomic E-state index is -0.943. The number of aryl methyl sites for hydroxylation is 2. The van der Waals surface area contributed by atoms with Crippen molar-refractivity contribution in [2.75, 3.05) is 0 Å². The van der Waals surface area contributed by atoms with Gasteiger partial charge in [-0.15, -0.1) is 11.3 Å². The molecule has 3 N–H and O–H groups in total. The summed E-state index contributed by atoms with van der Waals surface area (Å²) in [6.45, 7) is 3.44. The van der Waals surface area contributed by atoms with Crippen LogP contribution in [0.3, 0.4) is 0 Å². The molecule has 0 aliphatic rings. The minimum absolute atomic E-state index is 0.130. The number of nitrogens with two attached hydrogens (primary N) is 1. The summed E-state index contributed by atoms with van der Waals surface area (Å²) in [6, 6.07) is 13.3. The number of rotatable bonds is 9. The summed E-state index contributed by atoms with van der Waals surface area (Å²) in [7, 11) is 0. The molecule has 0 radical (unpaired) electrons. The summed E-state index contributed by atoms with van der Waals surface area (Å²) in [5.74, 6) is -1.12. The first kappa shape index (κ1) is 19.3. The Morgan fingerprint density at radius 3 is 2.44 bits per heavy atom. The van der Waals surface area contributed by atoms with E-state index in [0.29, 0.717) is 4.88 Å². The predicted octanol–water partition coefficient (Wildman–Crippen LogP) is 3.93. The highest BCUT2D eigenvalue weighted by Crippen LogP contribution is 2.29. The average molecular weight is 359 g/mol. The Kier molecular flexibility index (Phi) is 6.51. The van der Waals surface area contributed by atoms with E-state index in [1.165, 1.54) is 16.9 Å². The highest BCUT2D eigenvalue weighted by atomic mass is 32.1. The molecule has 0 aliphatic heterocycles. The van der Waals surface area contributed by atoms with Gasteiger partial charge in [-0.1, -0.05) is 44.2 Å². The van der Waals surface area contributed by atoms with Gasteiger partial charge in [0.15, 0.2) is 5.78 Å². The van der Waals surface area contributed by atoms with E-state index in [2.05, 4.69) is 12.1 Å². The first-order chi connectivity index (χ1) is 11.8. The summed E-state index contributed by atoms with van der Waals surface area (Å²) in [4.78, 5) is 25.3. The van der Waals surface area contributed by atoms with Crippen LogP contribution in [-0.4, -0.2) is 22.9 Å². The number of ketones is 1. The molecule has 1 aromatic carbocycles. The number of hydrogen-bond donors (Lipinski definition) is 2. The van der Waals surface area contributed by atoms with Crippen LogP contribution in [0.5, 0.6) is 0 Å². The number of carboxylic acid groups (broad SMARTS) is 1. The minimum Gasteiger partial charge on any atom is -0.481 e. The van der Waals surface area contributed by atoms with Gasteiger partial charge < -0.3 is 10.8 Å². The Hall–Kier alpha value is -1.98. The summed E-state index contributed by atoms with van der Waals surface area (Å²) < 4.78 is 0. The van der Waals surface area contributed by atoms with Crippen LogP contribution in [0.2, 0.25) is 0 Å². The van der Waals surface area contributed by atoms with Crippen LogP contribution in [0.15, 0.2) is 42.5 Å². The molecule has 0 bridgehead atoms. The van der Waals surface area contributed by atoms with E-state index in [4.69, 9.17) is 10.8 Å². The number of aliphatic carboxylic acids is 1. The lowest BCUT2D eigenvalue weighted by atomic mass is 9.79. The highest BCUT2D eigenvalue weighted by Gasteiger charge is 2.35. The molecule has 5 heteroatoms. The number of thiophene rings is 1.